The highest BCUT2D eigenvalue weighted by atomic mass is 31.2. The second-order valence-electron chi connectivity index (χ2n) is 16.5. The molecule has 0 saturated heterocycles. The van der Waals surface area contributed by atoms with Crippen LogP contribution in [0.5, 0.6) is 0 Å². The van der Waals surface area contributed by atoms with E-state index >= 15 is 0 Å². The molecule has 0 amide bonds. The molecule has 0 saturated carbocycles. The number of phosphoric ester groups is 1. The summed E-state index contributed by atoms with van der Waals surface area (Å²) in [5.74, 6) is -0.912. The van der Waals surface area contributed by atoms with Gasteiger partial charge in [-0.25, -0.2) is 4.57 Å². The number of hydrogen-bond acceptors (Lipinski definition) is 9. The number of ether oxygens (including phenoxy) is 2. The van der Waals surface area contributed by atoms with Crippen molar-refractivity contribution in [1.82, 2.24) is 0 Å². The van der Waals surface area contributed by atoms with Crippen LogP contribution in [0.25, 0.3) is 0 Å². The Bertz CT molecular complexity index is 977. The summed E-state index contributed by atoms with van der Waals surface area (Å²) in [7, 11) is -4.61. The van der Waals surface area contributed by atoms with Crippen molar-refractivity contribution in [3.05, 3.63) is 12.2 Å². The molecular weight excluding hydrogens is 755 g/mol. The predicted octanol–water partition coefficient (Wildman–Crippen LogP) is 13.2. The third kappa shape index (κ3) is 42.8. The van der Waals surface area contributed by atoms with Crippen LogP contribution < -0.4 is 0 Å². The first-order valence-corrected chi connectivity index (χ1v) is 25.6. The Hall–Kier alpha value is -1.29. The van der Waals surface area contributed by atoms with Gasteiger partial charge < -0.3 is 24.6 Å². The normalized spacial score (nSPS) is 13.8. The lowest BCUT2D eigenvalue weighted by molar-refractivity contribution is -0.161. The Morgan fingerprint density at radius 2 is 0.845 bits per heavy atom. The fourth-order valence-corrected chi connectivity index (χ4v) is 7.72. The van der Waals surface area contributed by atoms with E-state index in [9.17, 15) is 24.2 Å². The molecule has 0 rings (SSSR count). The summed E-state index contributed by atoms with van der Waals surface area (Å²) in [6.45, 7) is 2.42. The van der Waals surface area contributed by atoms with Gasteiger partial charge in [-0.3, -0.25) is 18.6 Å². The SMILES string of the molecule is CCCCCCCC/C=C/CCCCCCCCCCCCCC(=O)OC[C@@H](COP(=O)(O)OC[C@H](O)CO)OC(=O)CCCCCCCCCCCCCCCC. The molecule has 10 nitrogen and oxygen atoms in total. The van der Waals surface area contributed by atoms with Crippen LogP contribution in [0.1, 0.15) is 239 Å². The highest BCUT2D eigenvalue weighted by Crippen LogP contribution is 2.43. The van der Waals surface area contributed by atoms with Gasteiger partial charge in [0.25, 0.3) is 0 Å². The van der Waals surface area contributed by atoms with E-state index in [4.69, 9.17) is 23.6 Å². The van der Waals surface area contributed by atoms with Gasteiger partial charge in [0.15, 0.2) is 6.10 Å². The molecular formula is C47H91O10P. The molecule has 0 radical (unpaired) electrons. The quantitative estimate of drug-likeness (QED) is 0.0234. The topological polar surface area (TPSA) is 149 Å². The van der Waals surface area contributed by atoms with Crippen molar-refractivity contribution >= 4 is 19.8 Å². The van der Waals surface area contributed by atoms with Crippen LogP contribution in [0.2, 0.25) is 0 Å². The fraction of sp³-hybridized carbons (Fsp3) is 0.915. The van der Waals surface area contributed by atoms with Crippen LogP contribution in [0.15, 0.2) is 12.2 Å². The van der Waals surface area contributed by atoms with Crippen molar-refractivity contribution in [2.75, 3.05) is 26.4 Å². The zero-order valence-corrected chi connectivity index (χ0v) is 38.4. The maximum Gasteiger partial charge on any atom is 0.472 e. The van der Waals surface area contributed by atoms with Gasteiger partial charge >= 0.3 is 19.8 Å². The van der Waals surface area contributed by atoms with E-state index in [1.165, 1.54) is 161 Å². The van der Waals surface area contributed by atoms with Gasteiger partial charge in [0.2, 0.25) is 0 Å². The molecule has 344 valence electrons. The summed E-state index contributed by atoms with van der Waals surface area (Å²) in [6.07, 6.45) is 43.2. The molecule has 1 unspecified atom stereocenters. The number of rotatable bonds is 46. The molecule has 0 aromatic rings. The van der Waals surface area contributed by atoms with E-state index in [0.29, 0.717) is 12.8 Å². The first kappa shape index (κ1) is 56.7. The Labute approximate surface area is 356 Å². The minimum Gasteiger partial charge on any atom is -0.462 e. The summed E-state index contributed by atoms with van der Waals surface area (Å²) in [6, 6.07) is 0. The molecule has 0 bridgehead atoms. The van der Waals surface area contributed by atoms with E-state index in [-0.39, 0.29) is 19.4 Å². The third-order valence-electron chi connectivity index (χ3n) is 10.7. The summed E-state index contributed by atoms with van der Waals surface area (Å²) in [5, 5.41) is 18.4. The second-order valence-corrected chi connectivity index (χ2v) is 17.9. The average Bonchev–Trinajstić information content (AvgIpc) is 3.21. The number of hydrogen-bond donors (Lipinski definition) is 3. The van der Waals surface area contributed by atoms with E-state index < -0.39 is 51.8 Å². The van der Waals surface area contributed by atoms with Crippen LogP contribution in [-0.2, 0) is 32.7 Å². The predicted molar refractivity (Wildman–Crippen MR) is 238 cm³/mol. The molecule has 0 aromatic heterocycles. The number of esters is 2. The molecule has 3 atom stereocenters. The highest BCUT2D eigenvalue weighted by Gasteiger charge is 2.27. The Morgan fingerprint density at radius 1 is 0.500 bits per heavy atom. The molecule has 58 heavy (non-hydrogen) atoms. The number of carbonyl (C=O) groups is 2. The standard InChI is InChI=1S/C47H91O10P/c1-3-5-7-9-11-13-15-17-19-20-21-22-23-24-25-27-28-30-32-34-36-38-46(50)54-42-45(43-56-58(52,53)55-41-44(49)40-48)57-47(51)39-37-35-33-31-29-26-18-16-14-12-10-8-6-4-2/h17,19,44-45,48-49H,3-16,18,20-43H2,1-2H3,(H,52,53)/b19-17+/t44-,45+/m1/s1. The summed E-state index contributed by atoms with van der Waals surface area (Å²) < 4.78 is 32.8. The highest BCUT2D eigenvalue weighted by molar-refractivity contribution is 7.47. The van der Waals surface area contributed by atoms with Crippen molar-refractivity contribution in [3.8, 4) is 0 Å². The van der Waals surface area contributed by atoms with Gasteiger partial charge in [-0.2, -0.15) is 0 Å². The smallest absolute Gasteiger partial charge is 0.462 e. The minimum absolute atomic E-state index is 0.190. The number of unbranched alkanes of at least 4 members (excludes halogenated alkanes) is 30. The van der Waals surface area contributed by atoms with Crippen molar-refractivity contribution in [3.63, 3.8) is 0 Å². The van der Waals surface area contributed by atoms with Crippen molar-refractivity contribution in [2.24, 2.45) is 0 Å². The summed E-state index contributed by atoms with van der Waals surface area (Å²) in [4.78, 5) is 35.1. The zero-order chi connectivity index (χ0) is 42.6. The summed E-state index contributed by atoms with van der Waals surface area (Å²) in [5.41, 5.74) is 0. The van der Waals surface area contributed by atoms with Crippen LogP contribution >= 0.6 is 7.82 Å². The number of phosphoric acid groups is 1. The Balaban J connectivity index is 4.15. The van der Waals surface area contributed by atoms with Crippen LogP contribution in [-0.4, -0.2) is 65.7 Å². The Kier molecular flexibility index (Phi) is 42.8. The lowest BCUT2D eigenvalue weighted by atomic mass is 10.0. The van der Waals surface area contributed by atoms with E-state index in [2.05, 4.69) is 26.0 Å². The van der Waals surface area contributed by atoms with Gasteiger partial charge in [0.05, 0.1) is 19.8 Å². The van der Waals surface area contributed by atoms with Crippen LogP contribution in [0.4, 0.5) is 0 Å². The average molecular weight is 847 g/mol. The van der Waals surface area contributed by atoms with Crippen molar-refractivity contribution in [2.45, 2.75) is 251 Å². The van der Waals surface area contributed by atoms with Gasteiger partial charge in [-0.1, -0.05) is 199 Å². The van der Waals surface area contributed by atoms with E-state index in [1.54, 1.807) is 0 Å². The molecule has 0 aliphatic heterocycles. The van der Waals surface area contributed by atoms with E-state index in [0.717, 1.165) is 38.5 Å². The number of allylic oxidation sites excluding steroid dienone is 2. The molecule has 0 aliphatic carbocycles. The first-order chi connectivity index (χ1) is 28.2. The van der Waals surface area contributed by atoms with Crippen molar-refractivity contribution in [1.29, 1.82) is 0 Å². The summed E-state index contributed by atoms with van der Waals surface area (Å²) >= 11 is 0. The maximum absolute atomic E-state index is 12.6. The fourth-order valence-electron chi connectivity index (χ4n) is 6.93. The number of aliphatic hydroxyl groups excluding tert-OH is 2. The van der Waals surface area contributed by atoms with Gasteiger partial charge in [-0.05, 0) is 38.5 Å². The second kappa shape index (κ2) is 43.8. The lowest BCUT2D eigenvalue weighted by Crippen LogP contribution is -2.29. The zero-order valence-electron chi connectivity index (χ0n) is 37.5. The molecule has 0 aliphatic rings. The third-order valence-corrected chi connectivity index (χ3v) is 11.6. The van der Waals surface area contributed by atoms with Crippen molar-refractivity contribution < 1.29 is 47.8 Å². The van der Waals surface area contributed by atoms with Crippen LogP contribution in [0.3, 0.4) is 0 Å². The number of aliphatic hydroxyl groups is 2. The molecule has 3 N–H and O–H groups in total. The Morgan fingerprint density at radius 3 is 1.24 bits per heavy atom. The minimum atomic E-state index is -4.61. The lowest BCUT2D eigenvalue weighted by Gasteiger charge is -2.20. The van der Waals surface area contributed by atoms with Crippen LogP contribution in [0, 0.1) is 0 Å². The molecule has 0 spiro atoms. The number of carbonyl (C=O) groups excluding carboxylic acids is 2. The van der Waals surface area contributed by atoms with E-state index in [1.807, 2.05) is 0 Å². The maximum atomic E-state index is 12.6. The first-order valence-electron chi connectivity index (χ1n) is 24.1. The van der Waals surface area contributed by atoms with Gasteiger partial charge in [-0.15, -0.1) is 0 Å². The monoisotopic (exact) mass is 847 g/mol. The molecule has 0 fully saturated rings. The van der Waals surface area contributed by atoms with Gasteiger partial charge in [0.1, 0.15) is 12.7 Å². The molecule has 11 heteroatoms. The largest absolute Gasteiger partial charge is 0.472 e. The van der Waals surface area contributed by atoms with Gasteiger partial charge in [0, 0.05) is 12.8 Å². The molecule has 0 aromatic carbocycles. The molecule has 0 heterocycles.